The molecule has 1 aromatic carbocycles. The second-order valence-electron chi connectivity index (χ2n) is 10.3. The highest BCUT2D eigenvalue weighted by Gasteiger charge is 2.39. The van der Waals surface area contributed by atoms with Gasteiger partial charge in [0.1, 0.15) is 5.75 Å². The molecule has 202 valence electrons. The van der Waals surface area contributed by atoms with E-state index in [1.165, 1.54) is 19.2 Å². The first-order valence-electron chi connectivity index (χ1n) is 12.7. The summed E-state index contributed by atoms with van der Waals surface area (Å²) in [5.74, 6) is -3.90. The molecule has 2 aliphatic rings. The zero-order valence-electron chi connectivity index (χ0n) is 21.9. The van der Waals surface area contributed by atoms with E-state index in [1.807, 2.05) is 18.5 Å². The van der Waals surface area contributed by atoms with Crippen LogP contribution >= 0.6 is 0 Å². The summed E-state index contributed by atoms with van der Waals surface area (Å²) in [6, 6.07) is 3.72. The largest absolute Gasteiger partial charge is 0.497 e. The second-order valence-corrected chi connectivity index (χ2v) is 10.3. The van der Waals surface area contributed by atoms with Crippen LogP contribution in [0.1, 0.15) is 71.3 Å². The number of aromatic nitrogens is 2. The summed E-state index contributed by atoms with van der Waals surface area (Å²) in [4.78, 5) is 25.7. The Morgan fingerprint density at radius 2 is 2.03 bits per heavy atom. The summed E-state index contributed by atoms with van der Waals surface area (Å²) in [5.41, 5.74) is 1.93. The molecule has 1 amide bonds. The third-order valence-electron chi connectivity index (χ3n) is 7.28. The first-order chi connectivity index (χ1) is 17.5. The van der Waals surface area contributed by atoms with Crippen molar-refractivity contribution in [3.05, 3.63) is 46.3 Å². The van der Waals surface area contributed by atoms with E-state index in [1.54, 1.807) is 0 Å². The minimum Gasteiger partial charge on any atom is -0.497 e. The van der Waals surface area contributed by atoms with Gasteiger partial charge in [-0.15, -0.1) is 0 Å². The van der Waals surface area contributed by atoms with Gasteiger partial charge in [-0.05, 0) is 49.3 Å². The number of alkyl halides is 2. The summed E-state index contributed by atoms with van der Waals surface area (Å²) >= 11 is 0. The molecule has 0 saturated carbocycles. The first-order valence-corrected chi connectivity index (χ1v) is 12.7. The van der Waals surface area contributed by atoms with Crippen LogP contribution in [0.4, 0.5) is 8.78 Å². The Kier molecular flexibility index (Phi) is 7.87. The van der Waals surface area contributed by atoms with Crippen LogP contribution < -0.4 is 10.1 Å². The van der Waals surface area contributed by atoms with Gasteiger partial charge in [0.25, 0.3) is 11.8 Å². The summed E-state index contributed by atoms with van der Waals surface area (Å²) in [6.07, 6.45) is 3.09. The van der Waals surface area contributed by atoms with E-state index in [-0.39, 0.29) is 40.7 Å². The second kappa shape index (κ2) is 10.8. The quantitative estimate of drug-likeness (QED) is 0.527. The first kappa shape index (κ1) is 27.0. The number of fused-ring (bicyclic) bond motifs is 1. The molecule has 10 heteroatoms. The number of carbonyl (C=O) groups is 2. The Morgan fingerprint density at radius 3 is 2.68 bits per heavy atom. The van der Waals surface area contributed by atoms with Crippen LogP contribution in [-0.4, -0.2) is 55.1 Å². The topological polar surface area (TPSA) is 91.7 Å². The van der Waals surface area contributed by atoms with Gasteiger partial charge in [-0.1, -0.05) is 13.8 Å². The molecule has 0 bridgehead atoms. The molecule has 4 rings (SSSR count). The van der Waals surface area contributed by atoms with E-state index >= 15 is 0 Å². The number of halogens is 2. The van der Waals surface area contributed by atoms with Gasteiger partial charge in [0.05, 0.1) is 36.2 Å². The minimum absolute atomic E-state index is 0.00225. The average molecular weight is 520 g/mol. The molecule has 8 nitrogen and oxygen atoms in total. The number of methoxy groups -OCH3 is 1. The third-order valence-corrected chi connectivity index (χ3v) is 7.28. The van der Waals surface area contributed by atoms with Crippen molar-refractivity contribution in [2.45, 2.75) is 58.9 Å². The summed E-state index contributed by atoms with van der Waals surface area (Å²) in [7, 11) is 1.35. The summed E-state index contributed by atoms with van der Waals surface area (Å²) in [5, 5.41) is 7.86. The number of carbonyl (C=O) groups excluding carboxylic acids is 2. The highest BCUT2D eigenvalue weighted by Crippen LogP contribution is 2.37. The fourth-order valence-electron chi connectivity index (χ4n) is 5.06. The number of amides is 1. The van der Waals surface area contributed by atoms with Gasteiger partial charge in [0.2, 0.25) is 0 Å². The number of nitrogens with zero attached hydrogens (tertiary/aromatic N) is 2. The van der Waals surface area contributed by atoms with Crippen molar-refractivity contribution < 1.29 is 32.6 Å². The number of esters is 1. The maximum Gasteiger partial charge on any atom is 0.338 e. The summed E-state index contributed by atoms with van der Waals surface area (Å²) < 4.78 is 45.8. The fraction of sp³-hybridized carbons (Fsp3) is 0.593. The molecule has 1 fully saturated rings. The lowest BCUT2D eigenvalue weighted by Gasteiger charge is -2.36. The molecule has 1 aromatic heterocycles. The van der Waals surface area contributed by atoms with E-state index in [4.69, 9.17) is 19.3 Å². The molecular formula is C27H35F2N3O5. The predicted molar refractivity (Wildman–Crippen MR) is 132 cm³/mol. The number of rotatable bonds is 8. The van der Waals surface area contributed by atoms with Gasteiger partial charge in [-0.25, -0.2) is 13.6 Å². The van der Waals surface area contributed by atoms with Gasteiger partial charge in [-0.2, -0.15) is 5.10 Å². The van der Waals surface area contributed by atoms with Gasteiger partial charge in [-0.3, -0.25) is 9.48 Å². The van der Waals surface area contributed by atoms with Crippen LogP contribution in [0.25, 0.3) is 0 Å². The number of ether oxygens (including phenoxy) is 3. The molecule has 3 heterocycles. The van der Waals surface area contributed by atoms with Gasteiger partial charge >= 0.3 is 5.97 Å². The lowest BCUT2D eigenvalue weighted by atomic mass is 9.76. The van der Waals surface area contributed by atoms with Gasteiger partial charge < -0.3 is 19.5 Å². The Morgan fingerprint density at radius 1 is 1.30 bits per heavy atom. The monoisotopic (exact) mass is 519 g/mol. The molecule has 0 radical (unpaired) electrons. The molecule has 1 N–H and O–H groups in total. The highest BCUT2D eigenvalue weighted by molar-refractivity contribution is 5.97. The Labute approximate surface area is 215 Å². The van der Waals surface area contributed by atoms with Gasteiger partial charge in [0, 0.05) is 44.7 Å². The smallest absolute Gasteiger partial charge is 0.338 e. The maximum absolute atomic E-state index is 13.9. The van der Waals surface area contributed by atoms with E-state index < -0.39 is 11.9 Å². The summed E-state index contributed by atoms with van der Waals surface area (Å²) in [6.45, 7) is 7.13. The molecule has 1 spiro atoms. The van der Waals surface area contributed by atoms with E-state index in [9.17, 15) is 18.4 Å². The van der Waals surface area contributed by atoms with Crippen LogP contribution in [0.3, 0.4) is 0 Å². The zero-order chi connectivity index (χ0) is 26.8. The molecule has 37 heavy (non-hydrogen) atoms. The average Bonchev–Trinajstić information content (AvgIpc) is 3.14. The van der Waals surface area contributed by atoms with Crippen molar-refractivity contribution in [1.29, 1.82) is 0 Å². The number of aryl methyl sites for hydroxylation is 1. The minimum atomic E-state index is -3.13. The van der Waals surface area contributed by atoms with E-state index in [0.717, 1.165) is 43.6 Å². The Bertz CT molecular complexity index is 1150. The van der Waals surface area contributed by atoms with Crippen LogP contribution in [0, 0.1) is 11.3 Å². The highest BCUT2D eigenvalue weighted by atomic mass is 19.3. The number of hydrogen-bond acceptors (Lipinski definition) is 6. The Hall–Kier alpha value is -3.01. The van der Waals surface area contributed by atoms with Crippen molar-refractivity contribution in [3.63, 3.8) is 0 Å². The lowest BCUT2D eigenvalue weighted by Crippen LogP contribution is -2.41. The van der Waals surface area contributed by atoms with Crippen molar-refractivity contribution in [2.75, 3.05) is 33.5 Å². The van der Waals surface area contributed by atoms with Crippen LogP contribution in [0.5, 0.6) is 5.75 Å². The molecule has 1 saturated heterocycles. The molecule has 0 aliphatic carbocycles. The zero-order valence-corrected chi connectivity index (χ0v) is 21.9. The van der Waals surface area contributed by atoms with Crippen LogP contribution in [0.2, 0.25) is 0 Å². The Balaban J connectivity index is 1.49. The van der Waals surface area contributed by atoms with Crippen LogP contribution in [0.15, 0.2) is 18.2 Å². The third kappa shape index (κ3) is 5.95. The molecular weight excluding hydrogens is 484 g/mol. The predicted octanol–water partition coefficient (Wildman–Crippen LogP) is 4.14. The molecule has 2 aliphatic heterocycles. The normalized spacial score (nSPS) is 18.1. The number of hydrogen-bond donors (Lipinski definition) is 1. The van der Waals surface area contributed by atoms with E-state index in [0.29, 0.717) is 38.3 Å². The number of benzene rings is 1. The van der Waals surface area contributed by atoms with Crippen molar-refractivity contribution in [1.82, 2.24) is 15.1 Å². The molecule has 0 unspecified atom stereocenters. The molecule has 1 atom stereocenters. The fourth-order valence-corrected chi connectivity index (χ4v) is 5.06. The SMILES string of the molecule is CCc1nn(C[C@@H](C)COC(=O)c2cc(OC)cc(C(C)(F)F)c2)c2c1C(=O)NCC1(CCOCC1)C2. The van der Waals surface area contributed by atoms with Gasteiger partial charge in [0.15, 0.2) is 0 Å². The van der Waals surface area contributed by atoms with Crippen molar-refractivity contribution >= 4 is 11.9 Å². The maximum atomic E-state index is 13.9. The molecule has 2 aromatic rings. The van der Waals surface area contributed by atoms with Crippen LogP contribution in [-0.2, 0) is 34.8 Å². The van der Waals surface area contributed by atoms with Crippen molar-refractivity contribution in [2.24, 2.45) is 11.3 Å². The van der Waals surface area contributed by atoms with E-state index in [2.05, 4.69) is 5.32 Å². The van der Waals surface area contributed by atoms with Crippen molar-refractivity contribution in [3.8, 4) is 5.75 Å². The lowest BCUT2D eigenvalue weighted by molar-refractivity contribution is 0.0151. The standard InChI is InChI=1S/C27H35F2N3O5/c1-5-21-23-22(13-27(16-30-24(23)33)6-8-36-9-7-27)32(31-21)14-17(2)15-37-25(34)18-10-19(26(3,28)29)12-20(11-18)35-4/h10-12,17H,5-9,13-16H2,1-4H3,(H,30,33)/t17-/m1/s1. The number of nitrogens with one attached hydrogen (secondary N) is 1.